The molecule has 160 valence electrons. The van der Waals surface area contributed by atoms with E-state index in [0.29, 0.717) is 16.2 Å². The second-order valence-electron chi connectivity index (χ2n) is 7.42. The van der Waals surface area contributed by atoms with Gasteiger partial charge in [-0.2, -0.15) is 13.2 Å². The minimum atomic E-state index is -4.95. The highest BCUT2D eigenvalue weighted by molar-refractivity contribution is 7.92. The van der Waals surface area contributed by atoms with Gasteiger partial charge in [-0.05, 0) is 65.9 Å². The summed E-state index contributed by atoms with van der Waals surface area (Å²) in [5.74, 6) is -1.91. The highest BCUT2D eigenvalue weighted by Crippen LogP contribution is 2.28. The van der Waals surface area contributed by atoms with Crippen molar-refractivity contribution in [1.82, 2.24) is 10.2 Å². The zero-order valence-corrected chi connectivity index (χ0v) is 16.7. The summed E-state index contributed by atoms with van der Waals surface area (Å²) in [4.78, 5) is 12.2. The van der Waals surface area contributed by atoms with Crippen molar-refractivity contribution < 1.29 is 26.4 Å². The van der Waals surface area contributed by atoms with Crippen LogP contribution in [0.5, 0.6) is 0 Å². The van der Waals surface area contributed by atoms with E-state index in [2.05, 4.69) is 10.0 Å². The molecule has 0 atom stereocenters. The van der Waals surface area contributed by atoms with Crippen LogP contribution < -0.4 is 10.0 Å². The Morgan fingerprint density at radius 2 is 1.77 bits per heavy atom. The molecule has 0 aliphatic carbocycles. The van der Waals surface area contributed by atoms with Crippen molar-refractivity contribution in [2.45, 2.75) is 37.0 Å². The number of benzene rings is 2. The van der Waals surface area contributed by atoms with E-state index in [-0.39, 0.29) is 24.4 Å². The number of sulfonamides is 1. The van der Waals surface area contributed by atoms with Gasteiger partial charge >= 0.3 is 12.1 Å². The zero-order valence-electron chi connectivity index (χ0n) is 15.9. The topological polar surface area (TPSA) is 78.5 Å². The fourth-order valence-corrected chi connectivity index (χ4v) is 4.91. The van der Waals surface area contributed by atoms with Gasteiger partial charge in [0, 0.05) is 25.3 Å². The third-order valence-electron chi connectivity index (χ3n) is 5.38. The van der Waals surface area contributed by atoms with Crippen LogP contribution in [0.15, 0.2) is 41.3 Å². The Bertz CT molecular complexity index is 1100. The number of rotatable bonds is 3. The first kappa shape index (κ1) is 20.7. The summed E-state index contributed by atoms with van der Waals surface area (Å²) in [5, 5.41) is 3.25. The predicted octanol–water partition coefficient (Wildman–Crippen LogP) is 2.58. The molecule has 0 radical (unpaired) electrons. The van der Waals surface area contributed by atoms with Crippen molar-refractivity contribution in [3.8, 4) is 0 Å². The first-order chi connectivity index (χ1) is 14.1. The molecule has 0 saturated heterocycles. The maximum absolute atomic E-state index is 12.8. The Balaban J connectivity index is 1.56. The Labute approximate surface area is 172 Å². The summed E-state index contributed by atoms with van der Waals surface area (Å²) in [5.41, 5.74) is 3.76. The Hall–Kier alpha value is -2.59. The molecular formula is C20H20F3N3O3S. The van der Waals surface area contributed by atoms with Crippen LogP contribution in [0.3, 0.4) is 0 Å². The van der Waals surface area contributed by atoms with Gasteiger partial charge in [-0.25, -0.2) is 8.42 Å². The normalized spacial score (nSPS) is 16.6. The molecule has 2 aliphatic rings. The lowest BCUT2D eigenvalue weighted by Gasteiger charge is -2.29. The highest BCUT2D eigenvalue weighted by Gasteiger charge is 2.43. The molecule has 10 heteroatoms. The first-order valence-corrected chi connectivity index (χ1v) is 10.9. The van der Waals surface area contributed by atoms with Crippen LogP contribution in [-0.4, -0.2) is 38.5 Å². The number of hydrogen-bond acceptors (Lipinski definition) is 4. The van der Waals surface area contributed by atoms with E-state index in [4.69, 9.17) is 0 Å². The number of nitrogens with one attached hydrogen (secondary N) is 2. The van der Waals surface area contributed by atoms with E-state index in [1.807, 2.05) is 6.07 Å². The number of fused-ring (bicyclic) bond motifs is 2. The summed E-state index contributed by atoms with van der Waals surface area (Å²) in [6, 6.07) is 9.73. The summed E-state index contributed by atoms with van der Waals surface area (Å²) < 4.78 is 66.5. The fourth-order valence-electron chi connectivity index (χ4n) is 3.81. The van der Waals surface area contributed by atoms with Gasteiger partial charge in [0.1, 0.15) is 0 Å². The molecule has 1 amide bonds. The molecule has 6 nitrogen and oxygen atoms in total. The van der Waals surface area contributed by atoms with Crippen molar-refractivity contribution in [1.29, 1.82) is 0 Å². The Morgan fingerprint density at radius 3 is 2.53 bits per heavy atom. The SMILES string of the molecule is O=C(N1CCc2ccc(S(=O)(=O)Nc3ccc4c(c3)CCNC4)cc2C1)C(F)(F)F. The molecule has 0 spiro atoms. The standard InChI is InChI=1S/C20H20F3N3O3S/c21-20(22,23)19(27)26-8-6-13-2-4-18(10-16(13)12-26)30(28,29)25-17-3-1-15-11-24-7-5-14(15)9-17/h1-4,9-10,24-25H,5-8,11-12H2. The smallest absolute Gasteiger partial charge is 0.330 e. The number of carbonyl (C=O) groups excluding carboxylic acids is 1. The van der Waals surface area contributed by atoms with E-state index < -0.39 is 22.1 Å². The average molecular weight is 439 g/mol. The van der Waals surface area contributed by atoms with Crippen LogP contribution in [0.2, 0.25) is 0 Å². The molecule has 4 rings (SSSR count). The predicted molar refractivity (Wildman–Crippen MR) is 104 cm³/mol. The van der Waals surface area contributed by atoms with E-state index in [1.54, 1.807) is 18.2 Å². The third kappa shape index (κ3) is 4.15. The summed E-state index contributed by atoms with van der Waals surface area (Å²) in [7, 11) is -3.93. The second-order valence-corrected chi connectivity index (χ2v) is 9.10. The number of halogens is 3. The largest absolute Gasteiger partial charge is 0.471 e. The van der Waals surface area contributed by atoms with Gasteiger partial charge in [0.25, 0.3) is 10.0 Å². The lowest BCUT2D eigenvalue weighted by Crippen LogP contribution is -2.43. The number of alkyl halides is 3. The van der Waals surface area contributed by atoms with Crippen molar-refractivity contribution >= 4 is 21.6 Å². The molecule has 2 N–H and O–H groups in total. The van der Waals surface area contributed by atoms with E-state index in [0.717, 1.165) is 36.2 Å². The van der Waals surface area contributed by atoms with Crippen LogP contribution in [0, 0.1) is 0 Å². The number of amides is 1. The van der Waals surface area contributed by atoms with Gasteiger partial charge in [-0.3, -0.25) is 9.52 Å². The van der Waals surface area contributed by atoms with Crippen molar-refractivity contribution in [3.63, 3.8) is 0 Å². The van der Waals surface area contributed by atoms with Crippen molar-refractivity contribution in [3.05, 3.63) is 58.7 Å². The molecule has 0 unspecified atom stereocenters. The van der Waals surface area contributed by atoms with Crippen LogP contribution >= 0.6 is 0 Å². The Kier molecular flexibility index (Phi) is 5.23. The van der Waals surface area contributed by atoms with Crippen molar-refractivity contribution in [2.75, 3.05) is 17.8 Å². The van der Waals surface area contributed by atoms with Crippen LogP contribution in [0.25, 0.3) is 0 Å². The van der Waals surface area contributed by atoms with Gasteiger partial charge in [-0.15, -0.1) is 0 Å². The third-order valence-corrected chi connectivity index (χ3v) is 6.75. The van der Waals surface area contributed by atoms with E-state index in [1.165, 1.54) is 12.1 Å². The molecule has 2 aliphatic heterocycles. The van der Waals surface area contributed by atoms with Crippen LogP contribution in [-0.2, 0) is 40.7 Å². The van der Waals surface area contributed by atoms with Gasteiger partial charge in [-0.1, -0.05) is 12.1 Å². The molecule has 0 saturated carbocycles. The minimum absolute atomic E-state index is 0.0538. The average Bonchev–Trinajstić information content (AvgIpc) is 2.71. The molecule has 30 heavy (non-hydrogen) atoms. The minimum Gasteiger partial charge on any atom is -0.330 e. The summed E-state index contributed by atoms with van der Waals surface area (Å²) in [6.45, 7) is 1.23. The molecule has 0 fully saturated rings. The maximum atomic E-state index is 12.8. The quantitative estimate of drug-likeness (QED) is 0.771. The van der Waals surface area contributed by atoms with Gasteiger partial charge in [0.15, 0.2) is 0 Å². The first-order valence-electron chi connectivity index (χ1n) is 9.47. The fraction of sp³-hybridized carbons (Fsp3) is 0.350. The second kappa shape index (κ2) is 7.59. The zero-order chi connectivity index (χ0) is 21.5. The Morgan fingerprint density at radius 1 is 1.00 bits per heavy atom. The molecule has 2 aromatic carbocycles. The number of hydrogen-bond donors (Lipinski definition) is 2. The summed E-state index contributed by atoms with van der Waals surface area (Å²) in [6.07, 6.45) is -3.92. The molecule has 0 aromatic heterocycles. The number of nitrogens with zero attached hydrogens (tertiary/aromatic N) is 1. The molecular weight excluding hydrogens is 419 g/mol. The number of anilines is 1. The van der Waals surface area contributed by atoms with Crippen LogP contribution in [0.4, 0.5) is 18.9 Å². The van der Waals surface area contributed by atoms with Gasteiger partial charge < -0.3 is 10.2 Å². The van der Waals surface area contributed by atoms with Crippen LogP contribution in [0.1, 0.15) is 22.3 Å². The van der Waals surface area contributed by atoms with E-state index in [9.17, 15) is 26.4 Å². The van der Waals surface area contributed by atoms with Crippen molar-refractivity contribution in [2.24, 2.45) is 0 Å². The monoisotopic (exact) mass is 439 g/mol. The van der Waals surface area contributed by atoms with Gasteiger partial charge in [0.05, 0.1) is 4.90 Å². The van der Waals surface area contributed by atoms with E-state index >= 15 is 0 Å². The summed E-state index contributed by atoms with van der Waals surface area (Å²) >= 11 is 0. The lowest BCUT2D eigenvalue weighted by molar-refractivity contribution is -0.186. The lowest BCUT2D eigenvalue weighted by atomic mass is 10.00. The van der Waals surface area contributed by atoms with Gasteiger partial charge in [0.2, 0.25) is 0 Å². The molecule has 0 bridgehead atoms. The number of carbonyl (C=O) groups is 1. The maximum Gasteiger partial charge on any atom is 0.471 e. The molecule has 2 heterocycles. The highest BCUT2D eigenvalue weighted by atomic mass is 32.2. The molecule has 2 aromatic rings.